The van der Waals surface area contributed by atoms with Crippen molar-refractivity contribution in [3.05, 3.63) is 57.1 Å². The quantitative estimate of drug-likeness (QED) is 0.561. The van der Waals surface area contributed by atoms with Crippen LogP contribution >= 0.6 is 11.6 Å². The fraction of sp³-hybridized carbons (Fsp3) is 0.480. The van der Waals surface area contributed by atoms with Crippen LogP contribution in [0.4, 0.5) is 4.39 Å². The van der Waals surface area contributed by atoms with Crippen molar-refractivity contribution >= 4 is 29.4 Å². The molecule has 1 atom stereocenters. The van der Waals surface area contributed by atoms with Crippen molar-refractivity contribution < 1.29 is 23.5 Å². The molecule has 1 fully saturated rings. The zero-order chi connectivity index (χ0) is 25.0. The highest BCUT2D eigenvalue weighted by Gasteiger charge is 2.32. The summed E-state index contributed by atoms with van der Waals surface area (Å²) >= 11 is 6.04. The molecule has 1 aliphatic heterocycles. The Morgan fingerprint density at radius 2 is 1.94 bits per heavy atom. The summed E-state index contributed by atoms with van der Waals surface area (Å²) in [6, 6.07) is 4.10. The highest BCUT2D eigenvalue weighted by Crippen LogP contribution is 2.28. The molecule has 2 N–H and O–H groups in total. The lowest BCUT2D eigenvalue weighted by molar-refractivity contribution is -0.126. The molecule has 1 aromatic carbocycles. The Kier molecular flexibility index (Phi) is 8.36. The average molecular weight is 492 g/mol. The lowest BCUT2D eigenvalue weighted by Gasteiger charge is -2.34. The standard InChI is InChI=1S/C25H31ClFN3O4/c1-5-34-25(33)21-15(3)22(29-16(21)4)24(32)30-10-8-17(9-11-30)14(2)23(31)28-13-18-6-7-19(27)12-20(18)26/h6-7,12,14,17,29H,5,8-11,13H2,1-4H3,(H,28,31). The Labute approximate surface area is 204 Å². The number of rotatable bonds is 7. The predicted molar refractivity (Wildman–Crippen MR) is 127 cm³/mol. The summed E-state index contributed by atoms with van der Waals surface area (Å²) in [6.45, 7) is 8.67. The minimum atomic E-state index is -0.437. The molecule has 2 amide bonds. The fourth-order valence-electron chi connectivity index (χ4n) is 4.46. The number of halogens is 2. The van der Waals surface area contributed by atoms with E-state index in [1.165, 1.54) is 12.1 Å². The second kappa shape index (κ2) is 11.0. The van der Waals surface area contributed by atoms with Gasteiger partial charge in [0.05, 0.1) is 12.2 Å². The number of hydrogen-bond acceptors (Lipinski definition) is 4. The first-order chi connectivity index (χ1) is 16.1. The molecule has 0 aliphatic carbocycles. The molecule has 1 aliphatic rings. The van der Waals surface area contributed by atoms with E-state index in [1.54, 1.807) is 31.7 Å². The summed E-state index contributed by atoms with van der Waals surface area (Å²) in [5, 5.41) is 3.16. The second-order valence-electron chi connectivity index (χ2n) is 8.72. The van der Waals surface area contributed by atoms with Crippen LogP contribution in [-0.2, 0) is 16.1 Å². The molecule has 9 heteroatoms. The number of nitrogens with zero attached hydrogens (tertiary/aromatic N) is 1. The van der Waals surface area contributed by atoms with Gasteiger partial charge in [0.1, 0.15) is 11.5 Å². The smallest absolute Gasteiger partial charge is 0.340 e. The van der Waals surface area contributed by atoms with Gasteiger partial charge in [0.25, 0.3) is 5.91 Å². The largest absolute Gasteiger partial charge is 0.462 e. The first kappa shape index (κ1) is 25.7. The van der Waals surface area contributed by atoms with Gasteiger partial charge in [-0.3, -0.25) is 9.59 Å². The van der Waals surface area contributed by atoms with E-state index in [0.717, 1.165) is 0 Å². The maximum atomic E-state index is 13.2. The van der Waals surface area contributed by atoms with Crippen LogP contribution in [-0.4, -0.2) is 47.4 Å². The van der Waals surface area contributed by atoms with Crippen LogP contribution in [0.3, 0.4) is 0 Å². The van der Waals surface area contributed by atoms with E-state index in [4.69, 9.17) is 16.3 Å². The molecule has 2 heterocycles. The Balaban J connectivity index is 1.56. The molecule has 34 heavy (non-hydrogen) atoms. The SMILES string of the molecule is CCOC(=O)c1c(C)[nH]c(C(=O)N2CCC(C(C)C(=O)NCc3ccc(F)cc3Cl)CC2)c1C. The monoisotopic (exact) mass is 491 g/mol. The predicted octanol–water partition coefficient (Wildman–Crippen LogP) is 4.41. The molecule has 0 bridgehead atoms. The Morgan fingerprint density at radius 3 is 2.56 bits per heavy atom. The van der Waals surface area contributed by atoms with E-state index in [1.807, 2.05) is 6.92 Å². The van der Waals surface area contributed by atoms with Gasteiger partial charge in [-0.15, -0.1) is 0 Å². The van der Waals surface area contributed by atoms with Crippen LogP contribution in [0.5, 0.6) is 0 Å². The average Bonchev–Trinajstić information content (AvgIpc) is 3.11. The second-order valence-corrected chi connectivity index (χ2v) is 9.12. The summed E-state index contributed by atoms with van der Waals surface area (Å²) in [5.41, 5.74) is 2.67. The minimum Gasteiger partial charge on any atom is -0.462 e. The van der Waals surface area contributed by atoms with Crippen molar-refractivity contribution in [3.8, 4) is 0 Å². The number of H-pyrrole nitrogens is 1. The van der Waals surface area contributed by atoms with Crippen LogP contribution in [0.2, 0.25) is 5.02 Å². The van der Waals surface area contributed by atoms with Crippen molar-refractivity contribution in [1.82, 2.24) is 15.2 Å². The molecule has 7 nitrogen and oxygen atoms in total. The summed E-state index contributed by atoms with van der Waals surface area (Å²) < 4.78 is 18.3. The van der Waals surface area contributed by atoms with E-state index >= 15 is 0 Å². The Bertz CT molecular complexity index is 1080. The summed E-state index contributed by atoms with van der Waals surface area (Å²) in [4.78, 5) is 42.8. The molecule has 184 valence electrons. The van der Waals surface area contributed by atoms with E-state index in [2.05, 4.69) is 10.3 Å². The molecule has 0 radical (unpaired) electrons. The zero-order valence-corrected chi connectivity index (χ0v) is 20.7. The van der Waals surface area contributed by atoms with Gasteiger partial charge in [-0.1, -0.05) is 24.6 Å². The number of carbonyl (C=O) groups is 3. The van der Waals surface area contributed by atoms with Gasteiger partial charge < -0.3 is 19.9 Å². The number of benzene rings is 1. The topological polar surface area (TPSA) is 91.5 Å². The lowest BCUT2D eigenvalue weighted by Crippen LogP contribution is -2.42. The maximum Gasteiger partial charge on any atom is 0.340 e. The summed E-state index contributed by atoms with van der Waals surface area (Å²) in [7, 11) is 0. The number of aromatic amines is 1. The molecule has 1 saturated heterocycles. The van der Waals surface area contributed by atoms with Crippen LogP contribution < -0.4 is 5.32 Å². The number of hydrogen-bond donors (Lipinski definition) is 2. The Hall–Kier alpha value is -2.87. The molecular formula is C25H31ClFN3O4. The zero-order valence-electron chi connectivity index (χ0n) is 20.0. The Morgan fingerprint density at radius 1 is 1.26 bits per heavy atom. The molecule has 0 saturated carbocycles. The first-order valence-corrected chi connectivity index (χ1v) is 11.9. The molecule has 0 spiro atoms. The molecule has 2 aromatic rings. The number of amides is 2. The fourth-order valence-corrected chi connectivity index (χ4v) is 4.69. The van der Waals surface area contributed by atoms with Crippen molar-refractivity contribution in [2.45, 2.75) is 47.1 Å². The minimum absolute atomic E-state index is 0.0971. The summed E-state index contributed by atoms with van der Waals surface area (Å²) in [5.74, 6) is -1.21. The van der Waals surface area contributed by atoms with Crippen LogP contribution in [0.25, 0.3) is 0 Å². The highest BCUT2D eigenvalue weighted by atomic mass is 35.5. The number of esters is 1. The number of aromatic nitrogens is 1. The van der Waals surface area contributed by atoms with E-state index < -0.39 is 11.8 Å². The maximum absolute atomic E-state index is 13.2. The molecule has 1 unspecified atom stereocenters. The summed E-state index contributed by atoms with van der Waals surface area (Å²) in [6.07, 6.45) is 1.39. The van der Waals surface area contributed by atoms with Gasteiger partial charge in [-0.05, 0) is 62.8 Å². The molecular weight excluding hydrogens is 461 g/mol. The third-order valence-corrected chi connectivity index (χ3v) is 6.90. The third kappa shape index (κ3) is 5.60. The van der Waals surface area contributed by atoms with E-state index in [9.17, 15) is 18.8 Å². The van der Waals surface area contributed by atoms with E-state index in [0.29, 0.717) is 54.0 Å². The molecule has 3 rings (SSSR count). The van der Waals surface area contributed by atoms with Crippen LogP contribution in [0.15, 0.2) is 18.2 Å². The van der Waals surface area contributed by atoms with Gasteiger partial charge in [-0.2, -0.15) is 0 Å². The number of aryl methyl sites for hydroxylation is 1. The number of nitrogens with one attached hydrogen (secondary N) is 2. The van der Waals surface area contributed by atoms with Gasteiger partial charge in [0.2, 0.25) is 5.91 Å². The van der Waals surface area contributed by atoms with Gasteiger partial charge in [-0.25, -0.2) is 9.18 Å². The highest BCUT2D eigenvalue weighted by molar-refractivity contribution is 6.31. The number of piperidine rings is 1. The van der Waals surface area contributed by atoms with Crippen LogP contribution in [0.1, 0.15) is 64.4 Å². The van der Waals surface area contributed by atoms with Crippen molar-refractivity contribution in [1.29, 1.82) is 0 Å². The number of likely N-dealkylation sites (tertiary alicyclic amines) is 1. The van der Waals surface area contributed by atoms with Crippen LogP contribution in [0, 0.1) is 31.5 Å². The van der Waals surface area contributed by atoms with Gasteiger partial charge in [0.15, 0.2) is 0 Å². The lowest BCUT2D eigenvalue weighted by atomic mass is 9.84. The van der Waals surface area contributed by atoms with Crippen molar-refractivity contribution in [3.63, 3.8) is 0 Å². The normalized spacial score (nSPS) is 15.2. The molecule has 1 aromatic heterocycles. The first-order valence-electron chi connectivity index (χ1n) is 11.5. The van der Waals surface area contributed by atoms with Crippen molar-refractivity contribution in [2.75, 3.05) is 19.7 Å². The third-order valence-electron chi connectivity index (χ3n) is 6.55. The number of ether oxygens (including phenoxy) is 1. The van der Waals surface area contributed by atoms with E-state index in [-0.39, 0.29) is 41.8 Å². The van der Waals surface area contributed by atoms with Crippen molar-refractivity contribution in [2.24, 2.45) is 11.8 Å². The van der Waals surface area contributed by atoms with Gasteiger partial charge in [0, 0.05) is 36.3 Å². The number of carbonyl (C=O) groups excluding carboxylic acids is 3. The van der Waals surface area contributed by atoms with Gasteiger partial charge >= 0.3 is 5.97 Å².